The van der Waals surface area contributed by atoms with E-state index >= 15 is 0 Å². The van der Waals surface area contributed by atoms with E-state index in [1.807, 2.05) is 51.1 Å². The van der Waals surface area contributed by atoms with E-state index in [0.29, 0.717) is 17.6 Å². The highest BCUT2D eigenvalue weighted by atomic mass is 35.5. The molecule has 0 amide bonds. The topological polar surface area (TPSA) is 158 Å². The zero-order valence-corrected chi connectivity index (χ0v) is 25.7. The number of carbonyl (C=O) groups is 1. The third-order valence-electron chi connectivity index (χ3n) is 7.06. The Bertz CT molecular complexity index is 1390. The van der Waals surface area contributed by atoms with E-state index in [1.54, 1.807) is 0 Å². The Balaban J connectivity index is 1.44. The number of aromatic nitrogens is 4. The van der Waals surface area contributed by atoms with Gasteiger partial charge in [0.05, 0.1) is 19.5 Å². The summed E-state index contributed by atoms with van der Waals surface area (Å²) < 4.78 is 32.6. The minimum absolute atomic E-state index is 0.0194. The number of hydrogen-bond donors (Lipinski definition) is 3. The van der Waals surface area contributed by atoms with Gasteiger partial charge < -0.3 is 14.9 Å². The number of nitrogens with one attached hydrogen (secondary N) is 1. The number of nitrogens with zero attached hydrogens (tertiary/aromatic N) is 4. The molecule has 12 nitrogen and oxygen atoms in total. The molecular formula is C26H35ClN5O7PS. The Labute approximate surface area is 247 Å². The van der Waals surface area contributed by atoms with Crippen LogP contribution in [-0.2, 0) is 29.7 Å². The summed E-state index contributed by atoms with van der Waals surface area (Å²) in [6.07, 6.45) is -0.276. The van der Waals surface area contributed by atoms with Crippen molar-refractivity contribution >= 4 is 47.4 Å². The molecule has 0 radical (unpaired) electrons. The van der Waals surface area contributed by atoms with Crippen molar-refractivity contribution in [3.63, 3.8) is 0 Å². The van der Waals surface area contributed by atoms with Crippen LogP contribution in [0.3, 0.4) is 0 Å². The lowest BCUT2D eigenvalue weighted by molar-refractivity contribution is -0.118. The molecule has 41 heavy (non-hydrogen) atoms. The van der Waals surface area contributed by atoms with Crippen LogP contribution in [0.1, 0.15) is 45.9 Å². The molecule has 2 unspecified atom stereocenters. The molecule has 0 saturated carbocycles. The Kier molecular flexibility index (Phi) is 10.3. The number of fused-ring (bicyclic) bond motifs is 1. The predicted molar refractivity (Wildman–Crippen MR) is 155 cm³/mol. The van der Waals surface area contributed by atoms with Crippen molar-refractivity contribution in [2.75, 3.05) is 19.0 Å². The van der Waals surface area contributed by atoms with Crippen LogP contribution in [0.5, 0.6) is 0 Å². The lowest BCUT2D eigenvalue weighted by Crippen LogP contribution is -2.44. The molecule has 0 aliphatic carbocycles. The number of benzene rings is 1. The molecule has 1 saturated heterocycles. The number of imidazole rings is 1. The molecule has 0 bridgehead atoms. The molecule has 224 valence electrons. The summed E-state index contributed by atoms with van der Waals surface area (Å²) in [6.45, 7) is 6.90. The van der Waals surface area contributed by atoms with Gasteiger partial charge in [-0.3, -0.25) is 18.4 Å². The van der Waals surface area contributed by atoms with Crippen LogP contribution in [0.4, 0.5) is 0 Å². The molecule has 15 heteroatoms. The Morgan fingerprint density at radius 1 is 1.27 bits per heavy atom. The van der Waals surface area contributed by atoms with Crippen molar-refractivity contribution < 1.29 is 33.4 Å². The molecule has 3 heterocycles. The monoisotopic (exact) mass is 627 g/mol. The Morgan fingerprint density at radius 3 is 2.71 bits per heavy atom. The highest BCUT2D eigenvalue weighted by Gasteiger charge is 2.54. The van der Waals surface area contributed by atoms with Gasteiger partial charge in [-0.05, 0) is 18.9 Å². The van der Waals surface area contributed by atoms with Gasteiger partial charge >= 0.3 is 7.75 Å². The third-order valence-corrected chi connectivity index (χ3v) is 10.1. The SMILES string of the molecule is CCC(C)(C)C(=O)SCCOP(=O)(NCc1ccccc1)OC[C@H]1O[C@@H](n2cnc3c(Cl)ncnc32)[C@@](C)(O)C1O. The molecule has 1 fully saturated rings. The van der Waals surface area contributed by atoms with E-state index in [0.717, 1.165) is 17.3 Å². The lowest BCUT2D eigenvalue weighted by atomic mass is 9.92. The van der Waals surface area contributed by atoms with E-state index < -0.39 is 37.2 Å². The fourth-order valence-corrected chi connectivity index (χ4v) is 6.58. The molecule has 1 aromatic carbocycles. The molecule has 1 aliphatic heterocycles. The molecule has 0 spiro atoms. The summed E-state index contributed by atoms with van der Waals surface area (Å²) in [7, 11) is -3.94. The van der Waals surface area contributed by atoms with Gasteiger partial charge in [0.15, 0.2) is 22.1 Å². The average molecular weight is 628 g/mol. The van der Waals surface area contributed by atoms with E-state index in [-0.39, 0.29) is 35.8 Å². The maximum Gasteiger partial charge on any atom is 0.405 e. The minimum atomic E-state index is -3.94. The smallest absolute Gasteiger partial charge is 0.387 e. The fraction of sp³-hybridized carbons (Fsp3) is 0.538. The number of aliphatic hydroxyl groups excluding tert-OH is 1. The zero-order valence-electron chi connectivity index (χ0n) is 23.3. The predicted octanol–water partition coefficient (Wildman–Crippen LogP) is 4.12. The van der Waals surface area contributed by atoms with Crippen molar-refractivity contribution in [2.24, 2.45) is 5.41 Å². The van der Waals surface area contributed by atoms with E-state index in [4.69, 9.17) is 25.4 Å². The van der Waals surface area contributed by atoms with Crippen molar-refractivity contribution in [3.8, 4) is 0 Å². The van der Waals surface area contributed by atoms with Crippen LogP contribution in [0, 0.1) is 5.41 Å². The van der Waals surface area contributed by atoms with Crippen molar-refractivity contribution in [2.45, 2.75) is 64.7 Å². The summed E-state index contributed by atoms with van der Waals surface area (Å²) in [5.41, 5.74) is -0.797. The maximum absolute atomic E-state index is 13.7. The number of halogens is 1. The quantitative estimate of drug-likeness (QED) is 0.142. The molecule has 5 atom stereocenters. The number of aliphatic hydroxyl groups is 2. The molecular weight excluding hydrogens is 593 g/mol. The highest BCUT2D eigenvalue weighted by Crippen LogP contribution is 2.47. The number of ether oxygens (including phenoxy) is 1. The minimum Gasteiger partial charge on any atom is -0.387 e. The summed E-state index contributed by atoms with van der Waals surface area (Å²) in [5, 5.41) is 25.1. The van der Waals surface area contributed by atoms with E-state index in [2.05, 4.69) is 20.0 Å². The molecule has 3 N–H and O–H groups in total. The van der Waals surface area contributed by atoms with Gasteiger partial charge in [0, 0.05) is 17.7 Å². The molecule has 1 aliphatic rings. The second-order valence-electron chi connectivity index (χ2n) is 10.5. The van der Waals surface area contributed by atoms with Crippen molar-refractivity contribution in [3.05, 3.63) is 53.7 Å². The zero-order chi connectivity index (χ0) is 29.8. The second kappa shape index (κ2) is 13.2. The molecule has 4 rings (SSSR count). The first kappa shape index (κ1) is 32.0. The van der Waals surface area contributed by atoms with Gasteiger partial charge in [0.1, 0.15) is 29.7 Å². The van der Waals surface area contributed by atoms with Crippen LogP contribution in [0.15, 0.2) is 43.0 Å². The summed E-state index contributed by atoms with van der Waals surface area (Å²) in [4.78, 5) is 24.7. The highest BCUT2D eigenvalue weighted by molar-refractivity contribution is 8.13. The first-order chi connectivity index (χ1) is 19.4. The maximum atomic E-state index is 13.7. The van der Waals surface area contributed by atoms with Gasteiger partial charge in [0.2, 0.25) is 0 Å². The molecule has 3 aromatic rings. The van der Waals surface area contributed by atoms with Gasteiger partial charge in [-0.15, -0.1) is 0 Å². The summed E-state index contributed by atoms with van der Waals surface area (Å²) in [5.74, 6) is 0.278. The lowest BCUT2D eigenvalue weighted by Gasteiger charge is -2.27. The van der Waals surface area contributed by atoms with E-state index in [9.17, 15) is 19.6 Å². The van der Waals surface area contributed by atoms with Crippen LogP contribution in [0.2, 0.25) is 5.15 Å². The average Bonchev–Trinajstić information content (AvgIpc) is 3.48. The molecule has 2 aromatic heterocycles. The van der Waals surface area contributed by atoms with Gasteiger partial charge in [0.25, 0.3) is 0 Å². The third kappa shape index (κ3) is 7.35. The largest absolute Gasteiger partial charge is 0.405 e. The first-order valence-corrected chi connectivity index (χ1v) is 16.0. The summed E-state index contributed by atoms with van der Waals surface area (Å²) in [6, 6.07) is 9.28. The number of carbonyl (C=O) groups excluding carboxylic acids is 1. The van der Waals surface area contributed by atoms with Gasteiger partial charge in [-0.2, -0.15) is 0 Å². The van der Waals surface area contributed by atoms with Crippen LogP contribution in [0.25, 0.3) is 11.2 Å². The summed E-state index contributed by atoms with van der Waals surface area (Å²) >= 11 is 7.22. The Hall–Kier alpha value is -1.93. The second-order valence-corrected chi connectivity index (χ2v) is 13.8. The van der Waals surface area contributed by atoms with Crippen molar-refractivity contribution in [1.82, 2.24) is 24.6 Å². The van der Waals surface area contributed by atoms with Crippen molar-refractivity contribution in [1.29, 1.82) is 0 Å². The van der Waals surface area contributed by atoms with Gasteiger partial charge in [-0.25, -0.2) is 24.6 Å². The standard InChI is InChI=1S/C26H35ClN5O7PS/c1-5-25(2,3)24(34)41-12-11-37-40(36,31-13-17-9-7-6-8-10-17)38-14-18-20(33)26(4,35)23(39-18)32-16-30-19-21(27)28-15-29-22(19)32/h6-10,15-16,18,20,23,33,35H,5,11-14H2,1-4H3,(H,31,36)/t18-,20?,23-,26+,40?/m1/s1. The number of rotatable bonds is 13. The Morgan fingerprint density at radius 2 is 2.00 bits per heavy atom. The number of thioether (sulfide) groups is 1. The normalized spacial score (nSPS) is 24.5. The van der Waals surface area contributed by atoms with Crippen LogP contribution in [-0.4, -0.2) is 71.6 Å². The number of hydrogen-bond acceptors (Lipinski definition) is 11. The van der Waals surface area contributed by atoms with Crippen LogP contribution >= 0.6 is 31.1 Å². The first-order valence-electron chi connectivity index (χ1n) is 13.1. The van der Waals surface area contributed by atoms with Gasteiger partial charge in [-0.1, -0.05) is 74.5 Å². The van der Waals surface area contributed by atoms with Crippen LogP contribution < -0.4 is 5.09 Å². The fourth-order valence-electron chi connectivity index (χ4n) is 4.09. The van der Waals surface area contributed by atoms with E-state index in [1.165, 1.54) is 24.1 Å².